The highest BCUT2D eigenvalue weighted by molar-refractivity contribution is 9.11. The van der Waals surface area contributed by atoms with E-state index in [-0.39, 0.29) is 21.1 Å². The van der Waals surface area contributed by atoms with E-state index < -0.39 is 15.8 Å². The minimum Gasteiger partial charge on any atom is -0.389 e. The fourth-order valence-corrected chi connectivity index (χ4v) is 5.45. The zero-order valence-electron chi connectivity index (χ0n) is 10.7. The van der Waals surface area contributed by atoms with Crippen LogP contribution in [0.4, 0.5) is 10.1 Å². The first kappa shape index (κ1) is 16.3. The standard InChI is InChI=1S/C12H10BrFN2O2S3/c1-6-9(5-10(13)20-6)21(17,18)16-8-4-2-3-7(14)11(8)12(15)19/h2-5,16H,1H3,(H2,15,19). The second-order valence-corrected chi connectivity index (χ2v) is 8.83. The summed E-state index contributed by atoms with van der Waals surface area (Å²) in [5.41, 5.74) is 5.35. The molecule has 1 aromatic carbocycles. The molecule has 9 heteroatoms. The van der Waals surface area contributed by atoms with Crippen molar-refractivity contribution in [2.75, 3.05) is 4.72 Å². The third-order valence-corrected chi connectivity index (χ3v) is 6.01. The van der Waals surface area contributed by atoms with Crippen molar-refractivity contribution in [3.05, 3.63) is 44.3 Å². The topological polar surface area (TPSA) is 72.2 Å². The van der Waals surface area contributed by atoms with E-state index in [2.05, 4.69) is 20.7 Å². The van der Waals surface area contributed by atoms with Gasteiger partial charge in [-0.15, -0.1) is 11.3 Å². The summed E-state index contributed by atoms with van der Waals surface area (Å²) < 4.78 is 41.6. The number of nitrogens with two attached hydrogens (primary N) is 1. The van der Waals surface area contributed by atoms with Gasteiger partial charge in [-0.2, -0.15) is 0 Å². The van der Waals surface area contributed by atoms with Crippen LogP contribution in [0.2, 0.25) is 0 Å². The summed E-state index contributed by atoms with van der Waals surface area (Å²) in [4.78, 5) is 0.522. The van der Waals surface area contributed by atoms with Gasteiger partial charge >= 0.3 is 0 Å². The SMILES string of the molecule is Cc1sc(Br)cc1S(=O)(=O)Nc1cccc(F)c1C(N)=S. The molecule has 3 N–H and O–H groups in total. The van der Waals surface area contributed by atoms with Gasteiger partial charge in [-0.25, -0.2) is 12.8 Å². The molecular weight excluding hydrogens is 399 g/mol. The molecule has 2 rings (SSSR count). The number of halogens is 2. The lowest BCUT2D eigenvalue weighted by Crippen LogP contribution is -2.19. The quantitative estimate of drug-likeness (QED) is 0.760. The molecular formula is C12H10BrFN2O2S3. The first-order valence-electron chi connectivity index (χ1n) is 5.59. The van der Waals surface area contributed by atoms with Gasteiger partial charge in [-0.3, -0.25) is 4.72 Å². The van der Waals surface area contributed by atoms with Crippen molar-refractivity contribution < 1.29 is 12.8 Å². The summed E-state index contributed by atoms with van der Waals surface area (Å²) in [6.07, 6.45) is 0. The smallest absolute Gasteiger partial charge is 0.263 e. The van der Waals surface area contributed by atoms with E-state index in [0.717, 1.165) is 0 Å². The van der Waals surface area contributed by atoms with E-state index in [9.17, 15) is 12.8 Å². The Hall–Kier alpha value is -1.03. The molecule has 0 aliphatic carbocycles. The van der Waals surface area contributed by atoms with Crippen LogP contribution < -0.4 is 10.5 Å². The van der Waals surface area contributed by atoms with Crippen molar-refractivity contribution in [2.24, 2.45) is 5.73 Å². The first-order chi connectivity index (χ1) is 9.72. The molecule has 0 bridgehead atoms. The molecule has 0 amide bonds. The second-order valence-electron chi connectivity index (χ2n) is 4.10. The van der Waals surface area contributed by atoms with Crippen LogP contribution in [-0.2, 0) is 10.0 Å². The molecule has 0 aliphatic heterocycles. The van der Waals surface area contributed by atoms with Crippen molar-refractivity contribution >= 4 is 60.2 Å². The fourth-order valence-electron chi connectivity index (χ4n) is 1.76. The molecule has 1 aromatic heterocycles. The molecule has 0 fully saturated rings. The van der Waals surface area contributed by atoms with Crippen molar-refractivity contribution in [1.29, 1.82) is 0 Å². The van der Waals surface area contributed by atoms with Gasteiger partial charge in [0.25, 0.3) is 10.0 Å². The largest absolute Gasteiger partial charge is 0.389 e. The molecule has 0 atom stereocenters. The van der Waals surface area contributed by atoms with Gasteiger partial charge in [0, 0.05) is 4.88 Å². The Bertz CT molecular complexity index is 818. The molecule has 1 heterocycles. The predicted molar refractivity (Wildman–Crippen MR) is 89.9 cm³/mol. The number of hydrogen-bond acceptors (Lipinski definition) is 4. The maximum Gasteiger partial charge on any atom is 0.263 e. The summed E-state index contributed by atoms with van der Waals surface area (Å²) in [5, 5.41) is 0. The van der Waals surface area contributed by atoms with Crippen LogP contribution in [0.3, 0.4) is 0 Å². The van der Waals surface area contributed by atoms with Gasteiger partial charge in [0.2, 0.25) is 0 Å². The Morgan fingerprint density at radius 3 is 2.67 bits per heavy atom. The summed E-state index contributed by atoms with van der Waals surface area (Å²) in [7, 11) is -3.85. The minimum absolute atomic E-state index is 0.0178. The molecule has 21 heavy (non-hydrogen) atoms. The van der Waals surface area contributed by atoms with Crippen molar-refractivity contribution in [3.63, 3.8) is 0 Å². The number of thiophene rings is 1. The third-order valence-electron chi connectivity index (χ3n) is 2.64. The highest BCUT2D eigenvalue weighted by Crippen LogP contribution is 2.31. The zero-order chi connectivity index (χ0) is 15.8. The van der Waals surface area contributed by atoms with Gasteiger partial charge in [-0.1, -0.05) is 18.3 Å². The second kappa shape index (κ2) is 5.99. The molecule has 112 valence electrons. The van der Waals surface area contributed by atoms with Crippen LogP contribution >= 0.6 is 39.5 Å². The maximum atomic E-state index is 13.8. The lowest BCUT2D eigenvalue weighted by Gasteiger charge is -2.12. The molecule has 2 aromatic rings. The summed E-state index contributed by atoms with van der Waals surface area (Å²) in [6, 6.07) is 5.44. The highest BCUT2D eigenvalue weighted by atomic mass is 79.9. The molecule has 0 saturated carbocycles. The van der Waals surface area contributed by atoms with Gasteiger partial charge in [-0.05, 0) is 41.1 Å². The lowest BCUT2D eigenvalue weighted by atomic mass is 10.2. The Labute approximate surface area is 139 Å². The lowest BCUT2D eigenvalue weighted by molar-refractivity contribution is 0.601. The Morgan fingerprint density at radius 2 is 2.14 bits per heavy atom. The molecule has 0 aliphatic rings. The first-order valence-corrected chi connectivity index (χ1v) is 9.09. The molecule has 0 spiro atoms. The van der Waals surface area contributed by atoms with Crippen LogP contribution in [0.15, 0.2) is 32.9 Å². The van der Waals surface area contributed by atoms with Crippen LogP contribution in [-0.4, -0.2) is 13.4 Å². The zero-order valence-corrected chi connectivity index (χ0v) is 14.7. The van der Waals surface area contributed by atoms with Crippen LogP contribution in [0.1, 0.15) is 10.4 Å². The number of aryl methyl sites for hydroxylation is 1. The third kappa shape index (κ3) is 3.42. The molecule has 4 nitrogen and oxygen atoms in total. The van der Waals surface area contributed by atoms with E-state index in [4.69, 9.17) is 18.0 Å². The number of sulfonamides is 1. The Morgan fingerprint density at radius 1 is 1.48 bits per heavy atom. The Kier molecular flexibility index (Phi) is 4.66. The van der Waals surface area contributed by atoms with Crippen molar-refractivity contribution in [3.8, 4) is 0 Å². The average molecular weight is 409 g/mol. The van der Waals surface area contributed by atoms with Crippen LogP contribution in [0, 0.1) is 12.7 Å². The summed E-state index contributed by atoms with van der Waals surface area (Å²) >= 11 is 9.30. The van der Waals surface area contributed by atoms with Crippen LogP contribution in [0.5, 0.6) is 0 Å². The number of nitrogens with one attached hydrogen (secondary N) is 1. The van der Waals surface area contributed by atoms with E-state index in [1.165, 1.54) is 35.6 Å². The van der Waals surface area contributed by atoms with Gasteiger partial charge in [0.15, 0.2) is 0 Å². The molecule has 0 unspecified atom stereocenters. The van der Waals surface area contributed by atoms with Gasteiger partial charge < -0.3 is 5.73 Å². The van der Waals surface area contributed by atoms with E-state index in [1.807, 2.05) is 0 Å². The van der Waals surface area contributed by atoms with Gasteiger partial charge in [0.1, 0.15) is 15.7 Å². The van der Waals surface area contributed by atoms with E-state index >= 15 is 0 Å². The summed E-state index contributed by atoms with van der Waals surface area (Å²) in [6.45, 7) is 1.68. The molecule has 0 radical (unpaired) electrons. The molecule has 0 saturated heterocycles. The monoisotopic (exact) mass is 408 g/mol. The number of rotatable bonds is 4. The normalized spacial score (nSPS) is 11.4. The maximum absolute atomic E-state index is 13.8. The van der Waals surface area contributed by atoms with Gasteiger partial charge in [0.05, 0.1) is 15.0 Å². The van der Waals surface area contributed by atoms with Crippen LogP contribution in [0.25, 0.3) is 0 Å². The van der Waals surface area contributed by atoms with E-state index in [1.54, 1.807) is 6.92 Å². The predicted octanol–water partition coefficient (Wildman–Crippen LogP) is 3.39. The highest BCUT2D eigenvalue weighted by Gasteiger charge is 2.22. The van der Waals surface area contributed by atoms with E-state index in [0.29, 0.717) is 8.66 Å². The number of benzene rings is 1. The fraction of sp³-hybridized carbons (Fsp3) is 0.0833. The average Bonchev–Trinajstić information content (AvgIpc) is 2.68. The Balaban J connectivity index is 2.50. The van der Waals surface area contributed by atoms with Crippen molar-refractivity contribution in [1.82, 2.24) is 0 Å². The number of hydrogen-bond donors (Lipinski definition) is 2. The van der Waals surface area contributed by atoms with Crippen molar-refractivity contribution in [2.45, 2.75) is 11.8 Å². The number of anilines is 1. The summed E-state index contributed by atoms with van der Waals surface area (Å²) in [5.74, 6) is -0.675. The minimum atomic E-state index is -3.85. The number of thiocarbonyl (C=S) groups is 1.